The maximum absolute atomic E-state index is 9.13. The number of carbonyl (C=O) groups excluding carboxylic acids is 7. The summed E-state index contributed by atoms with van der Waals surface area (Å²) in [4.78, 5) is 63.9. The second-order valence-corrected chi connectivity index (χ2v) is 4.03. The van der Waals surface area contributed by atoms with Gasteiger partial charge < -0.3 is 109 Å². The molecule has 0 rings (SSSR count). The summed E-state index contributed by atoms with van der Waals surface area (Å²) in [6.07, 6.45) is 0. The minimum Gasteiger partial charge on any atom is -0.549 e. The van der Waals surface area contributed by atoms with Gasteiger partial charge in [-0.3, -0.25) is 0 Å². The molecule has 93 heavy (non-hydrogen) atoms. The van der Waals surface area contributed by atoms with Crippen LogP contribution in [-0.2, 0) is 59.8 Å². The number of hydrogen-bond acceptors (Lipinski definition) is 21. The summed E-state index contributed by atoms with van der Waals surface area (Å²) in [6, 6.07) is 0. The van der Waals surface area contributed by atoms with Crippen LogP contribution < -0.4 is 75.9 Å². The van der Waals surface area contributed by atoms with Crippen LogP contribution in [0.3, 0.4) is 0 Å². The number of nitrogens with two attached hydrogens (primary N) is 7. The molecule has 0 aliphatic carbocycles. The third-order valence-corrected chi connectivity index (χ3v) is 1.17. The maximum atomic E-state index is 9.13. The van der Waals surface area contributed by atoms with Gasteiger partial charge in [-0.25, -0.2) is 0 Å². The molecule has 0 radical (unpaired) electrons. The first-order valence-electron chi connectivity index (χ1n) is 8.19. The topological polar surface area (TPSA) is 463 Å². The van der Waals surface area contributed by atoms with Gasteiger partial charge >= 0.3 is 43.6 Å². The minimum absolute atomic E-state index is 0. The number of rotatable bonds is 7. The summed E-state index contributed by atoms with van der Waals surface area (Å²) >= 11 is 0. The van der Waals surface area contributed by atoms with Gasteiger partial charge in [0, 0.05) is 45.8 Å². The largest absolute Gasteiger partial charge is 4.00 e. The zero-order valence-corrected chi connectivity index (χ0v) is 91.5. The number of hydrogen-bond donors (Lipinski definition) is 7. The van der Waals surface area contributed by atoms with Crippen LogP contribution >= 0.6 is 695 Å². The molecule has 0 aliphatic rings. The SMILES string of the molecule is Cl.Cl.Cl.Cl.Cl.Cl.Cl.Cl.Cl.Cl.Cl.Cl.Cl.Cl.Cl.Cl.Cl.Cl.Cl.Cl.Cl.Cl.Cl.Cl.Cl.Cl.Cl.Cl.Cl.Cl.Cl.Cl.Cl.Cl.Cl.Cl.Cl.Cl.Cl.Cl.Cl.Cl.Cl.Cl.Cl.Cl.Cl.Cl.Cl.Cl.Cl.Cl.Cl.Cl.Cl.Cl.NCC(=O)[O-].NCC(=O)[O-].NCC(=O)[O-].NCC(=O)[O-].NCC(=O)[O-].NCC(=O)[O-].NCC(=O)[O-].[Al+3].[Zr+4]. The predicted molar refractivity (Wildman–Crippen MR) is 510 cm³/mol. The smallest absolute Gasteiger partial charge is 0.549 e. The van der Waals surface area contributed by atoms with Crippen molar-refractivity contribution in [3.05, 3.63) is 0 Å². The Morgan fingerprint density at radius 1 is 0.140 bits per heavy atom. The Bertz CT molecular complexity index is 541. The molecule has 658 valence electrons. The van der Waals surface area contributed by atoms with E-state index in [4.69, 9.17) is 69.3 Å². The molecule has 0 amide bonds. The van der Waals surface area contributed by atoms with E-state index in [9.17, 15) is 0 Å². The molecule has 0 saturated carbocycles. The molecule has 0 unspecified atom stereocenters. The fourth-order valence-corrected chi connectivity index (χ4v) is 0. The van der Waals surface area contributed by atoms with Crippen LogP contribution in [0, 0.1) is 0 Å². The molecule has 21 nitrogen and oxygen atoms in total. The van der Waals surface area contributed by atoms with Gasteiger partial charge in [0.25, 0.3) is 0 Å². The monoisotopic (exact) mass is 2650 g/mol. The zero-order chi connectivity index (χ0) is 30.0. The van der Waals surface area contributed by atoms with E-state index in [-0.39, 0.29) is 784 Å². The molecule has 0 saturated heterocycles. The van der Waals surface area contributed by atoms with Gasteiger partial charge in [0.05, 0.1) is 41.8 Å². The van der Waals surface area contributed by atoms with Gasteiger partial charge in [0.1, 0.15) is 0 Å². The van der Waals surface area contributed by atoms with Crippen molar-refractivity contribution in [1.29, 1.82) is 0 Å². The first kappa shape index (κ1) is 686. The molecule has 0 heterocycles. The quantitative estimate of drug-likeness (QED) is 0.125. The molecule has 0 aromatic rings. The van der Waals surface area contributed by atoms with E-state index in [0.29, 0.717) is 0 Å². The fourth-order valence-electron chi connectivity index (χ4n) is 0. The molecule has 0 bridgehead atoms. The van der Waals surface area contributed by atoms with Crippen molar-refractivity contribution in [1.82, 2.24) is 0 Å². The van der Waals surface area contributed by atoms with E-state index >= 15 is 0 Å². The van der Waals surface area contributed by atoms with E-state index in [0.717, 1.165) is 0 Å². The summed E-state index contributed by atoms with van der Waals surface area (Å²) in [5.74, 6) is -8.52. The molecule has 0 atom stereocenters. The molecule has 14 N–H and O–H groups in total. The average Bonchev–Trinajstić information content (AvgIpc) is 2.80. The summed E-state index contributed by atoms with van der Waals surface area (Å²) in [5, 5.41) is 63.9. The fraction of sp³-hybridized carbons (Fsp3) is 0.500. The standard InChI is InChI=1S/7C2H5NO2.Al.56ClH.Zr/c7*3-1-2(4)5;;;;;;;;;;;;;;;;;;;;;;;;;;;;;;;;;;;;;;;;;;;;;;;;;;;;;;;;;;/h7*1,3H2,(H,4,5);;56*1H;/q;;;;;;;+3;;;;;;;;;;;;;;;;;;;;;;;;;;;;;;;;;;;;;;;;;;;;;;;;;;;;;;;;;+4/p-7. The van der Waals surface area contributed by atoms with Crippen molar-refractivity contribution >= 4 is 754 Å². The van der Waals surface area contributed by atoms with Crippen molar-refractivity contribution in [2.24, 2.45) is 40.1 Å². The Morgan fingerprint density at radius 3 is 0.151 bits per heavy atom. The summed E-state index contributed by atoms with van der Waals surface area (Å²) in [6.45, 7) is -2.72. The normalized spacial score (nSPS) is 2.78. The van der Waals surface area contributed by atoms with Gasteiger partial charge in [-0.1, -0.05) is 0 Å². The van der Waals surface area contributed by atoms with Gasteiger partial charge in [-0.05, 0) is 0 Å². The predicted octanol–water partition coefficient (Wildman–Crippen LogP) is 7.10. The van der Waals surface area contributed by atoms with Crippen LogP contribution in [0.5, 0.6) is 0 Å². The Labute approximate surface area is 920 Å². The van der Waals surface area contributed by atoms with Crippen molar-refractivity contribution in [2.75, 3.05) is 45.8 Å². The molecule has 0 spiro atoms. The summed E-state index contributed by atoms with van der Waals surface area (Å²) in [5.41, 5.74) is 31.6. The number of halogens is 56. The number of carbonyl (C=O) groups is 7. The van der Waals surface area contributed by atoms with Gasteiger partial charge in [-0.15, -0.1) is 695 Å². The Morgan fingerprint density at radius 2 is 0.151 bits per heavy atom. The summed E-state index contributed by atoms with van der Waals surface area (Å²) < 4.78 is 0. The average molecular weight is 2680 g/mol. The molecule has 79 heteroatoms. The van der Waals surface area contributed by atoms with Gasteiger partial charge in [0.2, 0.25) is 0 Å². The maximum Gasteiger partial charge on any atom is 4.00 e. The van der Waals surface area contributed by atoms with Crippen molar-refractivity contribution in [2.45, 2.75) is 0 Å². The van der Waals surface area contributed by atoms with Crippen LogP contribution in [0.4, 0.5) is 0 Å². The summed E-state index contributed by atoms with van der Waals surface area (Å²) in [7, 11) is 0. The number of carboxylic acids is 7. The van der Waals surface area contributed by atoms with Crippen LogP contribution in [0.2, 0.25) is 0 Å². The first-order valence-corrected chi connectivity index (χ1v) is 8.19. The third-order valence-electron chi connectivity index (χ3n) is 1.17. The second kappa shape index (κ2) is 667. The van der Waals surface area contributed by atoms with Crippen molar-refractivity contribution < 1.29 is 95.5 Å². The molecular formula is C14H84AlCl56N7O14Zr. The number of aliphatic carboxylic acids is 7. The van der Waals surface area contributed by atoms with E-state index in [1.807, 2.05) is 0 Å². The van der Waals surface area contributed by atoms with Crippen LogP contribution in [0.1, 0.15) is 0 Å². The molecule has 0 aromatic carbocycles. The van der Waals surface area contributed by atoms with Crippen LogP contribution in [0.15, 0.2) is 0 Å². The molecule has 0 fully saturated rings. The van der Waals surface area contributed by atoms with Crippen LogP contribution in [-0.4, -0.2) is 105 Å². The van der Waals surface area contributed by atoms with E-state index < -0.39 is 41.8 Å². The Balaban J connectivity index is -0.00000000141. The van der Waals surface area contributed by atoms with Crippen molar-refractivity contribution in [3.63, 3.8) is 0 Å². The molecule has 0 aromatic heterocycles. The molecular weight excluding hydrogens is 2590 g/mol. The van der Waals surface area contributed by atoms with E-state index in [1.54, 1.807) is 0 Å². The second-order valence-electron chi connectivity index (χ2n) is 4.03. The van der Waals surface area contributed by atoms with Crippen molar-refractivity contribution in [3.8, 4) is 0 Å². The minimum atomic E-state index is -1.22. The Hall–Kier alpha value is 13.7. The van der Waals surface area contributed by atoms with E-state index in [1.165, 1.54) is 0 Å². The van der Waals surface area contributed by atoms with Gasteiger partial charge in [0.15, 0.2) is 0 Å². The number of carboxylic acid groups (broad SMARTS) is 7. The van der Waals surface area contributed by atoms with E-state index in [2.05, 4.69) is 40.1 Å². The Kier molecular flexibility index (Phi) is 4920. The van der Waals surface area contributed by atoms with Crippen LogP contribution in [0.25, 0.3) is 0 Å². The first-order chi connectivity index (χ1) is 15.9. The zero-order valence-electron chi connectivity index (χ0n) is 42.1. The molecule has 0 aliphatic heterocycles. The third kappa shape index (κ3) is 1480. The van der Waals surface area contributed by atoms with Gasteiger partial charge in [-0.2, -0.15) is 0 Å².